The number of hydrogen-bond donors (Lipinski definition) is 1. The molecule has 1 aromatic carbocycles. The molecule has 0 unspecified atom stereocenters. The van der Waals surface area contributed by atoms with Crippen molar-refractivity contribution >= 4 is 29.7 Å². The summed E-state index contributed by atoms with van der Waals surface area (Å²) in [5.74, 6) is -0.165. The molecule has 0 saturated carbocycles. The standard InChI is InChI=1S/C15H19NO3S/c1-11-4-5-13(10-12(11)6-7-14(17)18)15(19)16(2)8-9-20-3/h4-7,10H,8-9H2,1-3H3,(H,17,18)/b7-6+. The van der Waals surface area contributed by atoms with Crippen molar-refractivity contribution in [3.63, 3.8) is 0 Å². The molecule has 0 radical (unpaired) electrons. The molecule has 0 atom stereocenters. The number of carboxylic acids is 1. The summed E-state index contributed by atoms with van der Waals surface area (Å²) in [4.78, 5) is 24.5. The molecule has 108 valence electrons. The molecule has 0 aromatic heterocycles. The van der Waals surface area contributed by atoms with Gasteiger partial charge in [-0.3, -0.25) is 4.79 Å². The summed E-state index contributed by atoms with van der Waals surface area (Å²) in [7, 11) is 1.77. The van der Waals surface area contributed by atoms with Crippen molar-refractivity contribution in [2.45, 2.75) is 6.92 Å². The van der Waals surface area contributed by atoms with Gasteiger partial charge in [-0.1, -0.05) is 6.07 Å². The monoisotopic (exact) mass is 293 g/mol. The summed E-state index contributed by atoms with van der Waals surface area (Å²) in [5, 5.41) is 8.67. The lowest BCUT2D eigenvalue weighted by atomic mass is 10.0. The number of thioether (sulfide) groups is 1. The Morgan fingerprint density at radius 3 is 2.70 bits per heavy atom. The lowest BCUT2D eigenvalue weighted by Gasteiger charge is -2.17. The summed E-state index contributed by atoms with van der Waals surface area (Å²) >= 11 is 1.69. The van der Waals surface area contributed by atoms with E-state index in [1.54, 1.807) is 35.8 Å². The van der Waals surface area contributed by atoms with Gasteiger partial charge in [-0.05, 0) is 42.5 Å². The highest BCUT2D eigenvalue weighted by Gasteiger charge is 2.12. The Hall–Kier alpha value is -1.75. The Labute approximate surface area is 123 Å². The largest absolute Gasteiger partial charge is 0.478 e. The Morgan fingerprint density at radius 1 is 1.40 bits per heavy atom. The van der Waals surface area contributed by atoms with Crippen LogP contribution >= 0.6 is 11.8 Å². The number of benzene rings is 1. The first-order chi connectivity index (χ1) is 9.45. The molecule has 5 heteroatoms. The van der Waals surface area contributed by atoms with Crippen molar-refractivity contribution in [1.29, 1.82) is 0 Å². The van der Waals surface area contributed by atoms with Crippen LogP contribution in [0.15, 0.2) is 24.3 Å². The summed E-state index contributed by atoms with van der Waals surface area (Å²) in [6.45, 7) is 2.57. The van der Waals surface area contributed by atoms with Crippen molar-refractivity contribution in [2.24, 2.45) is 0 Å². The summed E-state index contributed by atoms with van der Waals surface area (Å²) < 4.78 is 0. The highest BCUT2D eigenvalue weighted by molar-refractivity contribution is 7.98. The number of rotatable bonds is 6. The maximum atomic E-state index is 12.2. The quantitative estimate of drug-likeness (QED) is 0.819. The van der Waals surface area contributed by atoms with E-state index in [0.29, 0.717) is 12.1 Å². The number of amides is 1. The molecule has 1 rings (SSSR count). The first-order valence-corrected chi connectivity index (χ1v) is 7.61. The van der Waals surface area contributed by atoms with Crippen LogP contribution in [0.2, 0.25) is 0 Å². The topological polar surface area (TPSA) is 57.6 Å². The molecule has 4 nitrogen and oxygen atoms in total. The van der Waals surface area contributed by atoms with E-state index < -0.39 is 5.97 Å². The highest BCUT2D eigenvalue weighted by atomic mass is 32.2. The van der Waals surface area contributed by atoms with Crippen molar-refractivity contribution in [3.05, 3.63) is 41.0 Å². The third kappa shape index (κ3) is 4.74. The van der Waals surface area contributed by atoms with Gasteiger partial charge in [-0.25, -0.2) is 4.79 Å². The third-order valence-electron chi connectivity index (χ3n) is 2.91. The molecular formula is C15H19NO3S. The van der Waals surface area contributed by atoms with Crippen molar-refractivity contribution in [2.75, 3.05) is 25.6 Å². The van der Waals surface area contributed by atoms with Crippen molar-refractivity contribution in [1.82, 2.24) is 4.90 Å². The van der Waals surface area contributed by atoms with E-state index >= 15 is 0 Å². The molecular weight excluding hydrogens is 274 g/mol. The fourth-order valence-corrected chi connectivity index (χ4v) is 2.12. The predicted molar refractivity (Wildman–Crippen MR) is 83.2 cm³/mol. The molecule has 0 aliphatic carbocycles. The number of aryl methyl sites for hydroxylation is 1. The SMILES string of the molecule is CSCCN(C)C(=O)c1ccc(C)c(/C=C/C(=O)O)c1. The van der Waals surface area contributed by atoms with Gasteiger partial charge >= 0.3 is 5.97 Å². The second-order valence-electron chi connectivity index (χ2n) is 4.46. The lowest BCUT2D eigenvalue weighted by Crippen LogP contribution is -2.28. The summed E-state index contributed by atoms with van der Waals surface area (Å²) in [6.07, 6.45) is 4.59. The van der Waals surface area contributed by atoms with Crippen LogP contribution in [0.5, 0.6) is 0 Å². The molecule has 20 heavy (non-hydrogen) atoms. The molecule has 0 saturated heterocycles. The van der Waals surface area contributed by atoms with Gasteiger partial charge in [0.1, 0.15) is 0 Å². The minimum atomic E-state index is -1.00. The van der Waals surface area contributed by atoms with Gasteiger partial charge in [0.2, 0.25) is 0 Å². The Balaban J connectivity index is 2.94. The van der Waals surface area contributed by atoms with E-state index in [2.05, 4.69) is 0 Å². The number of nitrogens with zero attached hydrogens (tertiary/aromatic N) is 1. The smallest absolute Gasteiger partial charge is 0.328 e. The maximum absolute atomic E-state index is 12.2. The fraction of sp³-hybridized carbons (Fsp3) is 0.333. The van der Waals surface area contributed by atoms with Gasteiger partial charge in [0.25, 0.3) is 5.91 Å². The van der Waals surface area contributed by atoms with Crippen LogP contribution in [0.1, 0.15) is 21.5 Å². The van der Waals surface area contributed by atoms with Gasteiger partial charge in [-0.2, -0.15) is 11.8 Å². The van der Waals surface area contributed by atoms with Crippen molar-refractivity contribution < 1.29 is 14.7 Å². The second kappa shape index (κ2) is 7.75. The second-order valence-corrected chi connectivity index (χ2v) is 5.45. The Bertz CT molecular complexity index is 526. The molecule has 0 spiro atoms. The minimum absolute atomic E-state index is 0.0518. The number of carboxylic acid groups (broad SMARTS) is 1. The molecule has 0 aliphatic rings. The van der Waals surface area contributed by atoms with Gasteiger partial charge < -0.3 is 10.0 Å². The van der Waals surface area contributed by atoms with Crippen LogP contribution in [0, 0.1) is 6.92 Å². The van der Waals surface area contributed by atoms with E-state index in [0.717, 1.165) is 23.0 Å². The maximum Gasteiger partial charge on any atom is 0.328 e. The first kappa shape index (κ1) is 16.3. The van der Waals surface area contributed by atoms with Crippen molar-refractivity contribution in [3.8, 4) is 0 Å². The minimum Gasteiger partial charge on any atom is -0.478 e. The van der Waals surface area contributed by atoms with Crippen LogP contribution in [-0.2, 0) is 4.79 Å². The average Bonchev–Trinajstić information content (AvgIpc) is 2.42. The zero-order valence-corrected chi connectivity index (χ0v) is 12.7. The number of carbonyl (C=O) groups excluding carboxylic acids is 1. The highest BCUT2D eigenvalue weighted by Crippen LogP contribution is 2.14. The van der Waals surface area contributed by atoms with E-state index in [-0.39, 0.29) is 5.91 Å². The molecule has 1 aromatic rings. The van der Waals surface area contributed by atoms with Gasteiger partial charge in [0, 0.05) is 31.0 Å². The Morgan fingerprint density at radius 2 is 2.10 bits per heavy atom. The summed E-state index contributed by atoms with van der Waals surface area (Å²) in [5.41, 5.74) is 2.26. The first-order valence-electron chi connectivity index (χ1n) is 6.21. The lowest BCUT2D eigenvalue weighted by molar-refractivity contribution is -0.131. The molecule has 0 aliphatic heterocycles. The van der Waals surface area contributed by atoms with E-state index in [1.165, 1.54) is 6.08 Å². The number of aliphatic carboxylic acids is 1. The number of hydrogen-bond acceptors (Lipinski definition) is 3. The van der Waals surface area contributed by atoms with Gasteiger partial charge in [-0.15, -0.1) is 0 Å². The predicted octanol–water partition coefficient (Wildman–Crippen LogP) is 2.53. The average molecular weight is 293 g/mol. The molecule has 1 N–H and O–H groups in total. The van der Waals surface area contributed by atoms with Crippen LogP contribution in [0.3, 0.4) is 0 Å². The zero-order valence-electron chi connectivity index (χ0n) is 11.9. The van der Waals surface area contributed by atoms with E-state index in [4.69, 9.17) is 5.11 Å². The normalized spacial score (nSPS) is 10.8. The zero-order chi connectivity index (χ0) is 15.1. The van der Waals surface area contributed by atoms with Crippen LogP contribution in [-0.4, -0.2) is 47.5 Å². The van der Waals surface area contributed by atoms with Crippen LogP contribution < -0.4 is 0 Å². The van der Waals surface area contributed by atoms with Crippen LogP contribution in [0.25, 0.3) is 6.08 Å². The number of carbonyl (C=O) groups is 2. The van der Waals surface area contributed by atoms with Gasteiger partial charge in [0.15, 0.2) is 0 Å². The fourth-order valence-electron chi connectivity index (χ4n) is 1.66. The van der Waals surface area contributed by atoms with Crippen LogP contribution in [0.4, 0.5) is 0 Å². The van der Waals surface area contributed by atoms with E-state index in [1.807, 2.05) is 19.2 Å². The van der Waals surface area contributed by atoms with E-state index in [9.17, 15) is 9.59 Å². The Kier molecular flexibility index (Phi) is 6.31. The molecule has 0 fully saturated rings. The molecule has 0 bridgehead atoms. The molecule has 1 amide bonds. The third-order valence-corrected chi connectivity index (χ3v) is 3.50. The van der Waals surface area contributed by atoms with Gasteiger partial charge in [0.05, 0.1) is 0 Å². The molecule has 0 heterocycles. The summed E-state index contributed by atoms with van der Waals surface area (Å²) in [6, 6.07) is 5.33.